The first-order chi connectivity index (χ1) is 16.7. The molecule has 4 rings (SSSR count). The van der Waals surface area contributed by atoms with Crippen LogP contribution in [-0.2, 0) is 10.3 Å². The number of ketones is 3. The number of rotatable bonds is 7. The highest BCUT2D eigenvalue weighted by molar-refractivity contribution is 6.33. The summed E-state index contributed by atoms with van der Waals surface area (Å²) in [4.78, 5) is 52.0. The number of ether oxygens (including phenoxy) is 2. The fraction of sp³-hybridized carbons (Fsp3) is 0.214. The number of nitrogens with one attached hydrogen (secondary N) is 1. The molecule has 0 radical (unpaired) electrons. The van der Waals surface area contributed by atoms with Crippen LogP contribution in [0.2, 0.25) is 0 Å². The highest BCUT2D eigenvalue weighted by Crippen LogP contribution is 2.42. The molecule has 0 heterocycles. The van der Waals surface area contributed by atoms with Gasteiger partial charge in [0.1, 0.15) is 17.3 Å². The average Bonchev–Trinajstić information content (AvgIpc) is 3.05. The van der Waals surface area contributed by atoms with Gasteiger partial charge in [-0.1, -0.05) is 68.4 Å². The second-order valence-electron chi connectivity index (χ2n) is 8.69. The summed E-state index contributed by atoms with van der Waals surface area (Å²) in [5, 5.41) is 2.89. The first-order valence-corrected chi connectivity index (χ1v) is 11.3. The SMILES string of the molecule is CC(=O)CNC1(c2ccc(C(C)C)cc2OC(=O)Oc2ccccc2)C(=O)c2ccccc2C1=O. The molecule has 0 aromatic heterocycles. The highest BCUT2D eigenvalue weighted by Gasteiger charge is 2.55. The van der Waals surface area contributed by atoms with Crippen molar-refractivity contribution in [2.24, 2.45) is 0 Å². The molecule has 0 saturated heterocycles. The smallest absolute Gasteiger partial charge is 0.395 e. The minimum Gasteiger partial charge on any atom is -0.395 e. The maximum Gasteiger partial charge on any atom is 0.519 e. The molecular formula is C28H25NO6. The van der Waals surface area contributed by atoms with Crippen molar-refractivity contribution in [3.63, 3.8) is 0 Å². The lowest BCUT2D eigenvalue weighted by atomic mass is 9.82. The van der Waals surface area contributed by atoms with Crippen molar-refractivity contribution in [3.05, 3.63) is 95.1 Å². The summed E-state index contributed by atoms with van der Waals surface area (Å²) in [6.07, 6.45) is -1.02. The van der Waals surface area contributed by atoms with Crippen LogP contribution in [0.3, 0.4) is 0 Å². The van der Waals surface area contributed by atoms with E-state index in [4.69, 9.17) is 9.47 Å². The molecule has 0 amide bonds. The molecule has 0 bridgehead atoms. The van der Waals surface area contributed by atoms with Crippen LogP contribution >= 0.6 is 0 Å². The molecule has 1 N–H and O–H groups in total. The Hall–Kier alpha value is -4.10. The number of fused-ring (bicyclic) bond motifs is 1. The second kappa shape index (κ2) is 9.64. The third-order valence-electron chi connectivity index (χ3n) is 5.91. The lowest BCUT2D eigenvalue weighted by molar-refractivity contribution is -0.116. The number of carbonyl (C=O) groups excluding carboxylic acids is 4. The lowest BCUT2D eigenvalue weighted by Crippen LogP contribution is -2.53. The van der Waals surface area contributed by atoms with Gasteiger partial charge in [-0.2, -0.15) is 0 Å². The van der Waals surface area contributed by atoms with Crippen molar-refractivity contribution in [2.45, 2.75) is 32.2 Å². The monoisotopic (exact) mass is 471 g/mol. The maximum absolute atomic E-state index is 13.7. The Morgan fingerprint density at radius 3 is 2.03 bits per heavy atom. The molecule has 3 aromatic carbocycles. The van der Waals surface area contributed by atoms with Crippen LogP contribution in [0.1, 0.15) is 58.5 Å². The molecule has 0 unspecified atom stereocenters. The fourth-order valence-electron chi connectivity index (χ4n) is 4.13. The van der Waals surface area contributed by atoms with E-state index in [0.29, 0.717) is 0 Å². The number of hydrogen-bond acceptors (Lipinski definition) is 7. The predicted octanol–water partition coefficient (Wildman–Crippen LogP) is 4.84. The molecule has 35 heavy (non-hydrogen) atoms. The summed E-state index contributed by atoms with van der Waals surface area (Å²) >= 11 is 0. The zero-order valence-electron chi connectivity index (χ0n) is 19.7. The third kappa shape index (κ3) is 4.50. The second-order valence-corrected chi connectivity index (χ2v) is 8.69. The summed E-state index contributed by atoms with van der Waals surface area (Å²) in [7, 11) is 0. The Labute approximate surface area is 203 Å². The first-order valence-electron chi connectivity index (χ1n) is 11.3. The number of benzene rings is 3. The molecule has 3 aromatic rings. The van der Waals surface area contributed by atoms with E-state index in [0.717, 1.165) is 5.56 Å². The van der Waals surface area contributed by atoms with Gasteiger partial charge in [0.15, 0.2) is 17.1 Å². The van der Waals surface area contributed by atoms with Gasteiger partial charge in [-0.05, 0) is 36.6 Å². The summed E-state index contributed by atoms with van der Waals surface area (Å²) in [5.74, 6) is -0.932. The summed E-state index contributed by atoms with van der Waals surface area (Å²) in [6, 6.07) is 19.9. The summed E-state index contributed by atoms with van der Waals surface area (Å²) < 4.78 is 10.9. The van der Waals surface area contributed by atoms with E-state index >= 15 is 0 Å². The Balaban J connectivity index is 1.83. The van der Waals surface area contributed by atoms with Gasteiger partial charge in [-0.15, -0.1) is 0 Å². The number of Topliss-reactive ketones (excluding diaryl/α,β-unsaturated/α-hetero) is 3. The molecule has 0 atom stereocenters. The van der Waals surface area contributed by atoms with Crippen LogP contribution in [0.25, 0.3) is 0 Å². The number of hydrogen-bond donors (Lipinski definition) is 1. The van der Waals surface area contributed by atoms with Gasteiger partial charge in [-0.3, -0.25) is 19.7 Å². The Morgan fingerprint density at radius 2 is 1.46 bits per heavy atom. The van der Waals surface area contributed by atoms with Gasteiger partial charge >= 0.3 is 6.16 Å². The topological polar surface area (TPSA) is 98.8 Å². The molecule has 1 aliphatic carbocycles. The lowest BCUT2D eigenvalue weighted by Gasteiger charge is -2.29. The Morgan fingerprint density at radius 1 is 0.857 bits per heavy atom. The normalized spacial score (nSPS) is 14.1. The van der Waals surface area contributed by atoms with Crippen LogP contribution in [0.4, 0.5) is 4.79 Å². The minimum atomic E-state index is -1.92. The number of carbonyl (C=O) groups is 4. The van der Waals surface area contributed by atoms with Crippen LogP contribution < -0.4 is 14.8 Å². The maximum atomic E-state index is 13.7. The van der Waals surface area contributed by atoms with Crippen molar-refractivity contribution in [3.8, 4) is 11.5 Å². The number of para-hydroxylation sites is 1. The van der Waals surface area contributed by atoms with Crippen molar-refractivity contribution in [1.29, 1.82) is 0 Å². The molecular weight excluding hydrogens is 446 g/mol. The van der Waals surface area contributed by atoms with Crippen molar-refractivity contribution >= 4 is 23.5 Å². The Kier molecular flexibility index (Phi) is 6.62. The zero-order chi connectivity index (χ0) is 25.2. The molecule has 7 nitrogen and oxygen atoms in total. The van der Waals surface area contributed by atoms with E-state index in [-0.39, 0.29) is 46.4 Å². The standard InChI is InChI=1S/C28H25NO6/c1-17(2)19-13-14-23(24(15-19)35-27(33)34-20-9-5-4-6-10-20)28(29-16-18(3)30)25(31)21-11-7-8-12-22(21)26(28)32/h4-15,17,29H,16H2,1-3H3. The van der Waals surface area contributed by atoms with E-state index in [1.807, 2.05) is 13.8 Å². The van der Waals surface area contributed by atoms with E-state index < -0.39 is 23.3 Å². The Bertz CT molecular complexity index is 1280. The molecule has 1 aliphatic rings. The van der Waals surface area contributed by atoms with Gasteiger partial charge in [0, 0.05) is 16.7 Å². The van der Waals surface area contributed by atoms with E-state index in [9.17, 15) is 19.2 Å². The van der Waals surface area contributed by atoms with Crippen molar-refractivity contribution in [2.75, 3.05) is 6.54 Å². The zero-order valence-corrected chi connectivity index (χ0v) is 19.7. The fourth-order valence-corrected chi connectivity index (χ4v) is 4.13. The van der Waals surface area contributed by atoms with E-state index in [1.54, 1.807) is 72.8 Å². The molecule has 0 fully saturated rings. The van der Waals surface area contributed by atoms with E-state index in [1.165, 1.54) is 6.92 Å². The van der Waals surface area contributed by atoms with Crippen molar-refractivity contribution in [1.82, 2.24) is 5.32 Å². The largest absolute Gasteiger partial charge is 0.519 e. The summed E-state index contributed by atoms with van der Waals surface area (Å²) in [6.45, 7) is 5.05. The van der Waals surface area contributed by atoms with Crippen LogP contribution in [0.5, 0.6) is 11.5 Å². The van der Waals surface area contributed by atoms with Gasteiger partial charge < -0.3 is 9.47 Å². The molecule has 178 valence electrons. The van der Waals surface area contributed by atoms with Crippen LogP contribution in [0, 0.1) is 0 Å². The highest BCUT2D eigenvalue weighted by atomic mass is 16.7. The molecule has 7 heteroatoms. The van der Waals surface area contributed by atoms with Gasteiger partial charge in [0.05, 0.1) is 6.54 Å². The third-order valence-corrected chi connectivity index (χ3v) is 5.91. The van der Waals surface area contributed by atoms with Crippen LogP contribution in [0.15, 0.2) is 72.8 Å². The molecule has 0 spiro atoms. The molecule has 0 saturated carbocycles. The quantitative estimate of drug-likeness (QED) is 0.299. The van der Waals surface area contributed by atoms with E-state index in [2.05, 4.69) is 5.32 Å². The van der Waals surface area contributed by atoms with Gasteiger partial charge in [0.2, 0.25) is 0 Å². The minimum absolute atomic E-state index is 0.00249. The van der Waals surface area contributed by atoms with Crippen LogP contribution in [-0.4, -0.2) is 30.0 Å². The van der Waals surface area contributed by atoms with Gasteiger partial charge in [0.25, 0.3) is 0 Å². The first kappa shape index (κ1) is 24.0. The molecule has 0 aliphatic heterocycles. The predicted molar refractivity (Wildman–Crippen MR) is 129 cm³/mol. The average molecular weight is 472 g/mol. The van der Waals surface area contributed by atoms with Crippen molar-refractivity contribution < 1.29 is 28.7 Å². The summed E-state index contributed by atoms with van der Waals surface area (Å²) in [5.41, 5.74) is -0.487. The van der Waals surface area contributed by atoms with Gasteiger partial charge in [-0.25, -0.2) is 4.79 Å².